The number of piperazine rings is 1. The van der Waals surface area contributed by atoms with E-state index in [-0.39, 0.29) is 40.4 Å². The Morgan fingerprint density at radius 3 is 2.20 bits per heavy atom. The molecule has 0 spiro atoms. The summed E-state index contributed by atoms with van der Waals surface area (Å²) in [5.74, 6) is -0.470. The molecule has 1 fully saturated rings. The minimum atomic E-state index is -0.724. The number of rotatable bonds is 5. The second-order valence-electron chi connectivity index (χ2n) is 13.4. The van der Waals surface area contributed by atoms with Crippen LogP contribution in [0.2, 0.25) is 0 Å². The molecule has 1 amide bonds. The Kier molecular flexibility index (Phi) is 8.62. The highest BCUT2D eigenvalue weighted by Gasteiger charge is 2.35. The van der Waals surface area contributed by atoms with Crippen molar-refractivity contribution in [3.63, 3.8) is 0 Å². The Hall–Kier alpha value is -4.47. The number of para-hydroxylation sites is 1. The molecular formula is C35H42FN5O4. The van der Waals surface area contributed by atoms with E-state index in [1.807, 2.05) is 78.5 Å². The van der Waals surface area contributed by atoms with Gasteiger partial charge < -0.3 is 19.7 Å². The molecule has 2 aromatic carbocycles. The fraction of sp³-hybridized carbons (Fsp3) is 0.429. The van der Waals surface area contributed by atoms with Crippen LogP contribution in [0.5, 0.6) is 0 Å². The molecule has 10 heteroatoms. The number of carbonyl (C=O) groups excluding carboxylic acids is 1. The molecular weight excluding hydrogens is 573 g/mol. The Bertz CT molecular complexity index is 1770. The summed E-state index contributed by atoms with van der Waals surface area (Å²) in [4.78, 5) is 35.1. The lowest BCUT2D eigenvalue weighted by Gasteiger charge is -2.40. The number of nitrogens with zero attached hydrogens (tertiary/aromatic N) is 5. The van der Waals surface area contributed by atoms with E-state index in [0.29, 0.717) is 35.6 Å². The standard InChI is InChI=1S/C35H42FN5O4/c1-21(2)25-15-12-16-26(22(3)4)30(25)40-32-27(19-28(36)29(41(32)44)24-13-10-9-11-14-24)31(37-33(40)42)39-18-17-38(20-23(39)5)34(43)45-35(6,7)8/h9-16,19,21-23H,17-18,20H2,1-8H3/t23-/m0/s1. The molecule has 0 aliphatic carbocycles. The molecule has 0 saturated carbocycles. The van der Waals surface area contributed by atoms with Crippen molar-refractivity contribution in [2.24, 2.45) is 0 Å². The number of pyridine rings is 1. The predicted octanol–water partition coefficient (Wildman–Crippen LogP) is 6.52. The van der Waals surface area contributed by atoms with Gasteiger partial charge in [0.05, 0.1) is 0 Å². The molecule has 0 bridgehead atoms. The molecule has 1 saturated heterocycles. The van der Waals surface area contributed by atoms with E-state index < -0.39 is 23.2 Å². The number of anilines is 1. The van der Waals surface area contributed by atoms with E-state index in [9.17, 15) is 14.8 Å². The van der Waals surface area contributed by atoms with Gasteiger partial charge in [0.25, 0.3) is 0 Å². The van der Waals surface area contributed by atoms with E-state index in [2.05, 4.69) is 4.98 Å². The van der Waals surface area contributed by atoms with Crippen molar-refractivity contribution in [1.82, 2.24) is 14.5 Å². The van der Waals surface area contributed by atoms with Gasteiger partial charge >= 0.3 is 17.4 Å². The molecule has 0 N–H and O–H groups in total. The maximum Gasteiger partial charge on any atom is 0.442 e. The summed E-state index contributed by atoms with van der Waals surface area (Å²) in [7, 11) is 0. The summed E-state index contributed by atoms with van der Waals surface area (Å²) in [5, 5.41) is 14.7. The molecule has 2 aromatic heterocycles. The summed E-state index contributed by atoms with van der Waals surface area (Å²) in [6, 6.07) is 15.5. The number of carbonyl (C=O) groups is 1. The third-order valence-corrected chi connectivity index (χ3v) is 8.14. The van der Waals surface area contributed by atoms with Crippen LogP contribution in [-0.2, 0) is 4.74 Å². The zero-order valence-corrected chi connectivity index (χ0v) is 27.3. The van der Waals surface area contributed by atoms with Gasteiger partial charge in [-0.1, -0.05) is 76.2 Å². The van der Waals surface area contributed by atoms with Gasteiger partial charge in [-0.15, -0.1) is 4.57 Å². The van der Waals surface area contributed by atoms with Crippen LogP contribution in [0.25, 0.3) is 28.0 Å². The average Bonchev–Trinajstić information content (AvgIpc) is 2.96. The number of halogens is 1. The Morgan fingerprint density at radius 1 is 1.02 bits per heavy atom. The lowest BCUT2D eigenvalue weighted by atomic mass is 9.92. The third-order valence-electron chi connectivity index (χ3n) is 8.14. The van der Waals surface area contributed by atoms with Crippen molar-refractivity contribution in [1.29, 1.82) is 0 Å². The predicted molar refractivity (Wildman–Crippen MR) is 174 cm³/mol. The van der Waals surface area contributed by atoms with Crippen LogP contribution in [0.4, 0.5) is 15.0 Å². The highest BCUT2D eigenvalue weighted by Crippen LogP contribution is 2.35. The van der Waals surface area contributed by atoms with E-state index in [4.69, 9.17) is 4.74 Å². The molecule has 9 nitrogen and oxygen atoms in total. The van der Waals surface area contributed by atoms with Gasteiger partial charge in [-0.3, -0.25) is 0 Å². The van der Waals surface area contributed by atoms with E-state index in [1.54, 1.807) is 35.2 Å². The van der Waals surface area contributed by atoms with Crippen molar-refractivity contribution in [3.8, 4) is 16.9 Å². The number of aromatic nitrogens is 3. The number of hydrogen-bond acceptors (Lipinski definition) is 6. The topological polar surface area (TPSA) is 94.6 Å². The number of fused-ring (bicyclic) bond motifs is 1. The van der Waals surface area contributed by atoms with Crippen LogP contribution in [-0.4, -0.2) is 51.8 Å². The largest absolute Gasteiger partial charge is 0.710 e. The van der Waals surface area contributed by atoms with Crippen LogP contribution < -0.4 is 15.3 Å². The lowest BCUT2D eigenvalue weighted by molar-refractivity contribution is -0.569. The van der Waals surface area contributed by atoms with Gasteiger partial charge in [0.15, 0.2) is 17.3 Å². The SMILES string of the molecule is CC(C)c1cccc(C(C)C)c1-n1c(=O)nc(N2CCN(C(=O)OC(C)(C)C)C[C@@H]2C)c2cc(F)c(-c3ccccc3)[n+]([O-])c21. The Morgan fingerprint density at radius 2 is 1.64 bits per heavy atom. The van der Waals surface area contributed by atoms with Crippen molar-refractivity contribution in [3.05, 3.63) is 87.2 Å². The molecule has 1 aliphatic rings. The van der Waals surface area contributed by atoms with Gasteiger partial charge in [-0.2, -0.15) is 4.98 Å². The van der Waals surface area contributed by atoms with Gasteiger partial charge in [0, 0.05) is 42.4 Å². The molecule has 5 rings (SSSR count). The molecule has 0 radical (unpaired) electrons. The minimum absolute atomic E-state index is 0.00187. The summed E-state index contributed by atoms with van der Waals surface area (Å²) < 4.78 is 23.5. The van der Waals surface area contributed by atoms with Crippen LogP contribution in [0.15, 0.2) is 59.4 Å². The fourth-order valence-electron chi connectivity index (χ4n) is 6.05. The highest BCUT2D eigenvalue weighted by atomic mass is 19.1. The van der Waals surface area contributed by atoms with Crippen LogP contribution >= 0.6 is 0 Å². The molecule has 4 aromatic rings. The summed E-state index contributed by atoms with van der Waals surface area (Å²) in [6.45, 7) is 16.4. The van der Waals surface area contributed by atoms with E-state index in [0.717, 1.165) is 11.1 Å². The van der Waals surface area contributed by atoms with E-state index in [1.165, 1.54) is 10.6 Å². The summed E-state index contributed by atoms with van der Waals surface area (Å²) in [5.41, 5.74) is 1.29. The van der Waals surface area contributed by atoms with Crippen LogP contribution in [0, 0.1) is 11.0 Å². The molecule has 238 valence electrons. The lowest BCUT2D eigenvalue weighted by Crippen LogP contribution is -2.55. The number of amides is 1. The zero-order valence-electron chi connectivity index (χ0n) is 27.3. The second kappa shape index (κ2) is 12.1. The monoisotopic (exact) mass is 615 g/mol. The molecule has 1 atom stereocenters. The number of hydrogen-bond donors (Lipinski definition) is 0. The second-order valence-corrected chi connectivity index (χ2v) is 13.4. The van der Waals surface area contributed by atoms with Gasteiger partial charge in [-0.25, -0.2) is 18.7 Å². The molecule has 1 aliphatic heterocycles. The first-order chi connectivity index (χ1) is 21.2. The van der Waals surface area contributed by atoms with Crippen molar-refractivity contribution in [2.75, 3.05) is 24.5 Å². The Labute approximate surface area is 263 Å². The zero-order chi connectivity index (χ0) is 32.8. The van der Waals surface area contributed by atoms with Gasteiger partial charge in [-0.05, 0) is 45.6 Å². The molecule has 0 unspecified atom stereocenters. The quantitative estimate of drug-likeness (QED) is 0.188. The smallest absolute Gasteiger partial charge is 0.442 e. The van der Waals surface area contributed by atoms with Crippen molar-refractivity contribution in [2.45, 2.75) is 78.9 Å². The minimum Gasteiger partial charge on any atom is -0.710 e. The van der Waals surface area contributed by atoms with Crippen molar-refractivity contribution < 1.29 is 18.7 Å². The first-order valence-electron chi connectivity index (χ1n) is 15.5. The van der Waals surface area contributed by atoms with E-state index >= 15 is 4.39 Å². The van der Waals surface area contributed by atoms with Gasteiger partial charge in [0.1, 0.15) is 16.7 Å². The average molecular weight is 616 g/mol. The summed E-state index contributed by atoms with van der Waals surface area (Å²) >= 11 is 0. The van der Waals surface area contributed by atoms with Crippen LogP contribution in [0.1, 0.15) is 78.4 Å². The fourth-order valence-corrected chi connectivity index (χ4v) is 6.05. The highest BCUT2D eigenvalue weighted by molar-refractivity contribution is 5.88. The van der Waals surface area contributed by atoms with Crippen molar-refractivity contribution >= 4 is 22.9 Å². The van der Waals surface area contributed by atoms with Gasteiger partial charge in [0.2, 0.25) is 0 Å². The first-order valence-corrected chi connectivity index (χ1v) is 15.5. The maximum absolute atomic E-state index is 16.1. The first kappa shape index (κ1) is 31.9. The molecule has 3 heterocycles. The third kappa shape index (κ3) is 6.10. The normalized spacial score (nSPS) is 15.8. The maximum atomic E-state index is 16.1. The molecule has 45 heavy (non-hydrogen) atoms. The number of benzene rings is 2. The summed E-state index contributed by atoms with van der Waals surface area (Å²) in [6.07, 6.45) is -0.426. The van der Waals surface area contributed by atoms with Crippen LogP contribution in [0.3, 0.4) is 0 Å². The number of ether oxygens (including phenoxy) is 1. The Balaban J connectivity index is 1.78.